The van der Waals surface area contributed by atoms with Gasteiger partial charge in [0.2, 0.25) is 0 Å². The molecule has 0 unspecified atom stereocenters. The number of allylic oxidation sites excluding steroid dienone is 1. The smallest absolute Gasteiger partial charge is 0.272 e. The lowest BCUT2D eigenvalue weighted by molar-refractivity contribution is -0.144. The largest absolute Gasteiger partial charge is 0.318 e. The first-order chi connectivity index (χ1) is 9.97. The van der Waals surface area contributed by atoms with Crippen LogP contribution >= 0.6 is 0 Å². The summed E-state index contributed by atoms with van der Waals surface area (Å²) in [5, 5.41) is 2.48. The molecule has 0 aromatic heterocycles. The zero-order valence-corrected chi connectivity index (χ0v) is 12.0. The van der Waals surface area contributed by atoms with Crippen molar-refractivity contribution in [3.63, 3.8) is 0 Å². The summed E-state index contributed by atoms with van der Waals surface area (Å²) in [5.74, 6) is -0.399. The maximum Gasteiger partial charge on any atom is 0.318 e. The highest BCUT2D eigenvalue weighted by molar-refractivity contribution is 7.86. The Labute approximate surface area is 122 Å². The zero-order valence-electron chi connectivity index (χ0n) is 11.2. The summed E-state index contributed by atoms with van der Waals surface area (Å²) < 4.78 is 29.4. The van der Waals surface area contributed by atoms with Gasteiger partial charge in [0.15, 0.2) is 0 Å². The first-order valence-electron chi connectivity index (χ1n) is 6.41. The molecule has 2 aromatic carbocycles. The van der Waals surface area contributed by atoms with E-state index < -0.39 is 16.0 Å². The van der Waals surface area contributed by atoms with Gasteiger partial charge < -0.3 is 0 Å². The lowest BCUT2D eigenvalue weighted by atomic mass is 10.1. The van der Waals surface area contributed by atoms with Gasteiger partial charge in [-0.2, -0.15) is 13.5 Å². The van der Waals surface area contributed by atoms with Crippen LogP contribution in [-0.2, 0) is 19.2 Å². The van der Waals surface area contributed by atoms with Crippen LogP contribution in [0.3, 0.4) is 0 Å². The number of hydroxylamine groups is 2. The molecule has 0 bridgehead atoms. The standard InChI is InChI=1S/C15H13NO4S/c1-11-6-9-15(17)16(11)20-21(18,19)14-8-7-12-4-2-3-5-13(12)10-14/h2-5,7-8,10H,1,6,9H2. The first kappa shape index (κ1) is 13.8. The minimum Gasteiger partial charge on any atom is -0.272 e. The van der Waals surface area contributed by atoms with Gasteiger partial charge >= 0.3 is 10.1 Å². The molecule has 0 spiro atoms. The van der Waals surface area contributed by atoms with Crippen LogP contribution in [0.5, 0.6) is 0 Å². The predicted molar refractivity (Wildman–Crippen MR) is 77.4 cm³/mol. The van der Waals surface area contributed by atoms with Crippen molar-refractivity contribution in [1.82, 2.24) is 5.06 Å². The number of fused-ring (bicyclic) bond motifs is 1. The SMILES string of the molecule is C=C1CCC(=O)N1OS(=O)(=O)c1ccc2ccccc2c1. The van der Waals surface area contributed by atoms with Crippen LogP contribution in [0.1, 0.15) is 12.8 Å². The Morgan fingerprint density at radius 3 is 2.43 bits per heavy atom. The molecule has 2 aromatic rings. The van der Waals surface area contributed by atoms with E-state index in [2.05, 4.69) is 6.58 Å². The molecule has 0 aliphatic carbocycles. The second kappa shape index (κ2) is 4.98. The molecule has 1 aliphatic heterocycles. The molecule has 3 rings (SSSR count). The number of nitrogens with zero attached hydrogens (tertiary/aromatic N) is 1. The van der Waals surface area contributed by atoms with E-state index in [-0.39, 0.29) is 11.3 Å². The molecule has 1 amide bonds. The van der Waals surface area contributed by atoms with Gasteiger partial charge in [0.1, 0.15) is 0 Å². The van der Waals surface area contributed by atoms with Gasteiger partial charge in [-0.25, -0.2) is 0 Å². The fourth-order valence-corrected chi connectivity index (χ4v) is 3.17. The molecule has 1 fully saturated rings. The number of carbonyl (C=O) groups is 1. The Hall–Kier alpha value is -2.18. The Morgan fingerprint density at radius 1 is 1.05 bits per heavy atom. The van der Waals surface area contributed by atoms with E-state index in [0.717, 1.165) is 15.8 Å². The molecule has 0 atom stereocenters. The summed E-state index contributed by atoms with van der Waals surface area (Å²) in [6, 6.07) is 12.1. The lowest BCUT2D eigenvalue weighted by Gasteiger charge is -2.16. The predicted octanol–water partition coefficient (Wildman–Crippen LogP) is 2.60. The van der Waals surface area contributed by atoms with Crippen LogP contribution < -0.4 is 0 Å². The minimum absolute atomic E-state index is 0.00806. The summed E-state index contributed by atoms with van der Waals surface area (Å²) in [6.45, 7) is 3.63. The molecule has 1 heterocycles. The maximum atomic E-state index is 12.3. The van der Waals surface area contributed by atoms with Crippen LogP contribution in [0, 0.1) is 0 Å². The van der Waals surface area contributed by atoms with E-state index in [4.69, 9.17) is 4.28 Å². The van der Waals surface area contributed by atoms with Gasteiger partial charge in [-0.15, -0.1) is 4.28 Å². The monoisotopic (exact) mass is 303 g/mol. The molecule has 0 N–H and O–H groups in total. The maximum absolute atomic E-state index is 12.3. The summed E-state index contributed by atoms with van der Waals surface area (Å²) >= 11 is 0. The zero-order chi connectivity index (χ0) is 15.0. The van der Waals surface area contributed by atoms with Crippen LogP contribution in [0.4, 0.5) is 0 Å². The van der Waals surface area contributed by atoms with Gasteiger partial charge in [0.25, 0.3) is 5.91 Å². The Bertz CT molecular complexity index is 826. The number of rotatable bonds is 3. The number of hydrogen-bond donors (Lipinski definition) is 0. The summed E-state index contributed by atoms with van der Waals surface area (Å²) in [5.41, 5.74) is 0.351. The van der Waals surface area contributed by atoms with Crippen molar-refractivity contribution >= 4 is 26.8 Å². The third-order valence-electron chi connectivity index (χ3n) is 3.32. The quantitative estimate of drug-likeness (QED) is 0.874. The third kappa shape index (κ3) is 2.55. The Morgan fingerprint density at radius 2 is 1.76 bits per heavy atom. The average Bonchev–Trinajstić information content (AvgIpc) is 2.78. The fourth-order valence-electron chi connectivity index (χ4n) is 2.19. The van der Waals surface area contributed by atoms with E-state index in [1.165, 1.54) is 12.1 Å². The number of amides is 1. The van der Waals surface area contributed by atoms with Crippen LogP contribution in [0.25, 0.3) is 10.8 Å². The van der Waals surface area contributed by atoms with E-state index in [1.54, 1.807) is 6.07 Å². The highest BCUT2D eigenvalue weighted by Gasteiger charge is 2.31. The topological polar surface area (TPSA) is 63.7 Å². The van der Waals surface area contributed by atoms with Gasteiger partial charge in [0, 0.05) is 12.1 Å². The second-order valence-corrected chi connectivity index (χ2v) is 6.32. The molecule has 0 saturated carbocycles. The van der Waals surface area contributed by atoms with Crippen molar-refractivity contribution in [2.24, 2.45) is 0 Å². The molecule has 108 valence electrons. The third-order valence-corrected chi connectivity index (χ3v) is 4.50. The first-order valence-corrected chi connectivity index (χ1v) is 7.82. The summed E-state index contributed by atoms with van der Waals surface area (Å²) in [7, 11) is -4.06. The molecule has 5 nitrogen and oxygen atoms in total. The lowest BCUT2D eigenvalue weighted by Crippen LogP contribution is -2.27. The van der Waals surface area contributed by atoms with Gasteiger partial charge in [-0.05, 0) is 29.3 Å². The molecule has 21 heavy (non-hydrogen) atoms. The van der Waals surface area contributed by atoms with E-state index in [9.17, 15) is 13.2 Å². The second-order valence-electron chi connectivity index (χ2n) is 4.79. The molecule has 1 aliphatic rings. The van der Waals surface area contributed by atoms with Crippen LogP contribution in [-0.4, -0.2) is 19.4 Å². The van der Waals surface area contributed by atoms with Crippen LogP contribution in [0.2, 0.25) is 0 Å². The number of hydrogen-bond acceptors (Lipinski definition) is 4. The Kier molecular flexibility index (Phi) is 3.27. The minimum atomic E-state index is -4.06. The van der Waals surface area contributed by atoms with Crippen molar-refractivity contribution in [2.45, 2.75) is 17.7 Å². The normalized spacial score (nSPS) is 15.9. The summed E-state index contributed by atoms with van der Waals surface area (Å²) in [4.78, 5) is 11.6. The average molecular weight is 303 g/mol. The molecule has 6 heteroatoms. The highest BCUT2D eigenvalue weighted by Crippen LogP contribution is 2.26. The highest BCUT2D eigenvalue weighted by atomic mass is 32.2. The molecule has 1 saturated heterocycles. The van der Waals surface area contributed by atoms with Crippen molar-refractivity contribution in [3.05, 3.63) is 54.7 Å². The molecular formula is C15H13NO4S. The van der Waals surface area contributed by atoms with Crippen molar-refractivity contribution in [2.75, 3.05) is 0 Å². The van der Waals surface area contributed by atoms with Gasteiger partial charge in [-0.3, -0.25) is 4.79 Å². The number of benzene rings is 2. The van der Waals surface area contributed by atoms with Gasteiger partial charge in [0.05, 0.1) is 4.90 Å². The molecular weight excluding hydrogens is 290 g/mol. The molecule has 0 radical (unpaired) electrons. The van der Waals surface area contributed by atoms with Gasteiger partial charge in [-0.1, -0.05) is 36.9 Å². The van der Waals surface area contributed by atoms with E-state index in [1.807, 2.05) is 24.3 Å². The fraction of sp³-hybridized carbons (Fsp3) is 0.133. The van der Waals surface area contributed by atoms with Crippen molar-refractivity contribution in [3.8, 4) is 0 Å². The van der Waals surface area contributed by atoms with Crippen molar-refractivity contribution in [1.29, 1.82) is 0 Å². The van der Waals surface area contributed by atoms with Crippen molar-refractivity contribution < 1.29 is 17.5 Å². The van der Waals surface area contributed by atoms with E-state index in [0.29, 0.717) is 12.1 Å². The Balaban J connectivity index is 1.96. The number of carbonyl (C=O) groups excluding carboxylic acids is 1. The van der Waals surface area contributed by atoms with Crippen LogP contribution in [0.15, 0.2) is 59.6 Å². The van der Waals surface area contributed by atoms with E-state index >= 15 is 0 Å². The summed E-state index contributed by atoms with van der Waals surface area (Å²) in [6.07, 6.45) is 0.623.